The lowest BCUT2D eigenvalue weighted by atomic mass is 10.1. The third kappa shape index (κ3) is 1.65. The van der Waals surface area contributed by atoms with Crippen LogP contribution in [0.4, 0.5) is 4.39 Å². The van der Waals surface area contributed by atoms with Crippen LogP contribution in [0.25, 0.3) is 5.57 Å². The molecule has 1 rings (SSSR count). The molecule has 0 N–H and O–H groups in total. The van der Waals surface area contributed by atoms with Gasteiger partial charge >= 0.3 is 0 Å². The second-order valence-electron chi connectivity index (χ2n) is 2.10. The third-order valence-corrected chi connectivity index (χ3v) is 1.31. The van der Waals surface area contributed by atoms with Crippen molar-refractivity contribution in [2.45, 2.75) is 0 Å². The summed E-state index contributed by atoms with van der Waals surface area (Å²) in [6, 6.07) is 7.65. The Morgan fingerprint density at radius 2 is 2.27 bits per heavy atom. The van der Waals surface area contributed by atoms with E-state index in [2.05, 4.69) is 6.58 Å². The van der Waals surface area contributed by atoms with Crippen molar-refractivity contribution in [3.8, 4) is 6.07 Å². The summed E-state index contributed by atoms with van der Waals surface area (Å²) < 4.78 is 12.5. The van der Waals surface area contributed by atoms with E-state index in [1.54, 1.807) is 12.1 Å². The van der Waals surface area contributed by atoms with Gasteiger partial charge in [0.05, 0.1) is 11.6 Å². The summed E-state index contributed by atoms with van der Waals surface area (Å²) in [5.74, 6) is -0.348. The standard InChI is InChI=1S/C9H6FN/c1-7(6-11)8-3-2-4-9(10)5-8/h2-5H,1H2. The van der Waals surface area contributed by atoms with Crippen molar-refractivity contribution < 1.29 is 4.39 Å². The smallest absolute Gasteiger partial charge is 0.123 e. The Morgan fingerprint density at radius 1 is 1.55 bits per heavy atom. The SMILES string of the molecule is C=C(C#N)c1cccc(F)c1. The van der Waals surface area contributed by atoms with E-state index >= 15 is 0 Å². The van der Waals surface area contributed by atoms with Gasteiger partial charge in [-0.2, -0.15) is 5.26 Å². The van der Waals surface area contributed by atoms with E-state index in [-0.39, 0.29) is 11.4 Å². The molecule has 0 heterocycles. The summed E-state index contributed by atoms with van der Waals surface area (Å²) >= 11 is 0. The van der Waals surface area contributed by atoms with Crippen LogP contribution in [0.15, 0.2) is 30.8 Å². The number of halogens is 1. The molecule has 0 fully saturated rings. The maximum Gasteiger partial charge on any atom is 0.123 e. The highest BCUT2D eigenvalue weighted by Gasteiger charge is 1.97. The molecule has 11 heavy (non-hydrogen) atoms. The number of nitrogens with zero attached hydrogens (tertiary/aromatic N) is 1. The molecule has 1 aromatic carbocycles. The molecule has 0 saturated heterocycles. The molecular weight excluding hydrogens is 141 g/mol. The average Bonchev–Trinajstić information content (AvgIpc) is 2.03. The zero-order chi connectivity index (χ0) is 8.27. The van der Waals surface area contributed by atoms with Crippen LogP contribution >= 0.6 is 0 Å². The normalized spacial score (nSPS) is 8.73. The average molecular weight is 147 g/mol. The topological polar surface area (TPSA) is 23.8 Å². The first-order chi connectivity index (χ1) is 5.24. The third-order valence-electron chi connectivity index (χ3n) is 1.31. The summed E-state index contributed by atoms with van der Waals surface area (Å²) in [7, 11) is 0. The fourth-order valence-electron chi connectivity index (χ4n) is 0.741. The first-order valence-electron chi connectivity index (χ1n) is 3.09. The van der Waals surface area contributed by atoms with E-state index in [1.165, 1.54) is 12.1 Å². The quantitative estimate of drug-likeness (QED) is 0.559. The minimum Gasteiger partial charge on any atom is -0.207 e. The molecule has 0 aliphatic heterocycles. The van der Waals surface area contributed by atoms with Gasteiger partial charge < -0.3 is 0 Å². The minimum atomic E-state index is -0.348. The van der Waals surface area contributed by atoms with Crippen LogP contribution < -0.4 is 0 Å². The van der Waals surface area contributed by atoms with Gasteiger partial charge in [-0.05, 0) is 17.7 Å². The molecule has 0 radical (unpaired) electrons. The van der Waals surface area contributed by atoms with Gasteiger partial charge in [0.2, 0.25) is 0 Å². The van der Waals surface area contributed by atoms with E-state index in [1.807, 2.05) is 6.07 Å². The Labute approximate surface area is 64.4 Å². The van der Waals surface area contributed by atoms with Gasteiger partial charge in [0.25, 0.3) is 0 Å². The van der Waals surface area contributed by atoms with Crippen molar-refractivity contribution >= 4 is 5.57 Å². The second kappa shape index (κ2) is 2.98. The number of allylic oxidation sites excluding steroid dienone is 1. The van der Waals surface area contributed by atoms with Gasteiger partial charge in [0, 0.05) is 0 Å². The fraction of sp³-hybridized carbons (Fsp3) is 0. The Kier molecular flexibility index (Phi) is 2.03. The second-order valence-corrected chi connectivity index (χ2v) is 2.10. The molecule has 0 unspecified atom stereocenters. The number of nitriles is 1. The van der Waals surface area contributed by atoms with Gasteiger partial charge in [-0.1, -0.05) is 18.7 Å². The molecule has 0 saturated carbocycles. The summed E-state index contributed by atoms with van der Waals surface area (Å²) in [4.78, 5) is 0. The number of rotatable bonds is 1. The summed E-state index contributed by atoms with van der Waals surface area (Å²) in [5.41, 5.74) is 0.817. The van der Waals surface area contributed by atoms with E-state index in [4.69, 9.17) is 5.26 Å². The van der Waals surface area contributed by atoms with Crippen LogP contribution in [-0.4, -0.2) is 0 Å². The molecule has 1 aromatic rings. The predicted molar refractivity (Wildman–Crippen MR) is 41.0 cm³/mol. The van der Waals surface area contributed by atoms with Crippen LogP contribution in [0, 0.1) is 17.1 Å². The lowest BCUT2D eigenvalue weighted by Crippen LogP contribution is -1.80. The van der Waals surface area contributed by atoms with Crippen molar-refractivity contribution in [3.05, 3.63) is 42.2 Å². The largest absolute Gasteiger partial charge is 0.207 e. The summed E-state index contributed by atoms with van der Waals surface area (Å²) in [6.07, 6.45) is 0. The van der Waals surface area contributed by atoms with E-state index in [0.717, 1.165) is 0 Å². The van der Waals surface area contributed by atoms with Crippen LogP contribution in [-0.2, 0) is 0 Å². The first-order valence-corrected chi connectivity index (χ1v) is 3.09. The van der Waals surface area contributed by atoms with E-state index in [0.29, 0.717) is 5.56 Å². The molecule has 54 valence electrons. The van der Waals surface area contributed by atoms with Crippen molar-refractivity contribution in [2.24, 2.45) is 0 Å². The Morgan fingerprint density at radius 3 is 2.82 bits per heavy atom. The monoisotopic (exact) mass is 147 g/mol. The van der Waals surface area contributed by atoms with Gasteiger partial charge in [-0.15, -0.1) is 0 Å². The van der Waals surface area contributed by atoms with Crippen LogP contribution in [0.2, 0.25) is 0 Å². The molecule has 0 amide bonds. The Balaban J connectivity index is 3.08. The molecule has 0 bridgehead atoms. The molecule has 0 aromatic heterocycles. The zero-order valence-corrected chi connectivity index (χ0v) is 5.84. The molecular formula is C9H6FN. The minimum absolute atomic E-state index is 0.282. The maximum atomic E-state index is 12.5. The molecule has 2 heteroatoms. The lowest BCUT2D eigenvalue weighted by Gasteiger charge is -1.94. The van der Waals surface area contributed by atoms with Gasteiger partial charge in [-0.3, -0.25) is 0 Å². The number of benzene rings is 1. The highest BCUT2D eigenvalue weighted by atomic mass is 19.1. The van der Waals surface area contributed by atoms with Crippen molar-refractivity contribution in [3.63, 3.8) is 0 Å². The van der Waals surface area contributed by atoms with Crippen molar-refractivity contribution in [2.75, 3.05) is 0 Å². The lowest BCUT2D eigenvalue weighted by molar-refractivity contribution is 0.627. The van der Waals surface area contributed by atoms with Gasteiger partial charge in [-0.25, -0.2) is 4.39 Å². The van der Waals surface area contributed by atoms with Gasteiger partial charge in [0.15, 0.2) is 0 Å². The van der Waals surface area contributed by atoms with Crippen LogP contribution in [0.5, 0.6) is 0 Å². The number of hydrogen-bond acceptors (Lipinski definition) is 1. The molecule has 0 aliphatic carbocycles. The molecule has 0 atom stereocenters. The maximum absolute atomic E-state index is 12.5. The highest BCUT2D eigenvalue weighted by molar-refractivity contribution is 5.74. The van der Waals surface area contributed by atoms with Crippen molar-refractivity contribution in [1.29, 1.82) is 5.26 Å². The molecule has 0 spiro atoms. The van der Waals surface area contributed by atoms with Crippen molar-refractivity contribution in [1.82, 2.24) is 0 Å². The number of hydrogen-bond donors (Lipinski definition) is 0. The van der Waals surface area contributed by atoms with Crippen LogP contribution in [0.1, 0.15) is 5.56 Å². The first kappa shape index (κ1) is 7.49. The highest BCUT2D eigenvalue weighted by Crippen LogP contribution is 2.11. The van der Waals surface area contributed by atoms with E-state index in [9.17, 15) is 4.39 Å². The Bertz CT molecular complexity index is 323. The Hall–Kier alpha value is -1.62. The zero-order valence-electron chi connectivity index (χ0n) is 5.84. The molecule has 0 aliphatic rings. The predicted octanol–water partition coefficient (Wildman–Crippen LogP) is 2.36. The summed E-state index contributed by atoms with van der Waals surface area (Å²) in [5, 5.41) is 8.41. The van der Waals surface area contributed by atoms with Crippen LogP contribution in [0.3, 0.4) is 0 Å². The fourth-order valence-corrected chi connectivity index (χ4v) is 0.741. The summed E-state index contributed by atoms with van der Waals surface area (Å²) in [6.45, 7) is 3.46. The molecule has 1 nitrogen and oxygen atoms in total. The van der Waals surface area contributed by atoms with Gasteiger partial charge in [0.1, 0.15) is 5.82 Å². The van der Waals surface area contributed by atoms with E-state index < -0.39 is 0 Å².